The van der Waals surface area contributed by atoms with E-state index in [1.54, 1.807) is 18.6 Å². The molecule has 0 bridgehead atoms. The third-order valence-corrected chi connectivity index (χ3v) is 4.85. The molecule has 8 nitrogen and oxygen atoms in total. The van der Waals surface area contributed by atoms with Crippen molar-refractivity contribution < 1.29 is 9.53 Å². The second-order valence-corrected chi connectivity index (χ2v) is 6.36. The lowest BCUT2D eigenvalue weighted by molar-refractivity contribution is -0.0605. The monoisotopic (exact) mass is 332 g/mol. The summed E-state index contributed by atoms with van der Waals surface area (Å²) in [5.74, 6) is -0.0525. The number of carbonyl (C=O) groups excluding carboxylic acids is 1. The van der Waals surface area contributed by atoms with Crippen molar-refractivity contribution in [1.29, 1.82) is 0 Å². The minimum Gasteiger partial charge on any atom is -0.370 e. The Bertz CT molecular complexity index is 718. The van der Waals surface area contributed by atoms with Crippen molar-refractivity contribution in [2.75, 3.05) is 19.3 Å². The summed E-state index contributed by atoms with van der Waals surface area (Å²) in [6, 6.07) is 0.0188. The first kappa shape index (κ1) is 14.6. The van der Waals surface area contributed by atoms with E-state index in [0.29, 0.717) is 30.4 Å². The van der Waals surface area contributed by atoms with Crippen LogP contribution in [-0.4, -0.2) is 61.2 Å². The van der Waals surface area contributed by atoms with E-state index >= 15 is 0 Å². The van der Waals surface area contributed by atoms with Crippen LogP contribution in [0.1, 0.15) is 28.5 Å². The quantitative estimate of drug-likeness (QED) is 0.593. The Kier molecular flexibility index (Phi) is 3.74. The molecule has 2 aromatic rings. The Labute approximate surface area is 137 Å². The SMILES string of the molecule is CSc1ncc(C(=O)N2CC[C@H]3OCc4cnnn4[C@H]3C2)cn1. The molecule has 120 valence electrons. The second-order valence-electron chi connectivity index (χ2n) is 5.59. The normalized spacial score (nSPS) is 23.3. The van der Waals surface area contributed by atoms with Crippen LogP contribution in [0.3, 0.4) is 0 Å². The van der Waals surface area contributed by atoms with Gasteiger partial charge < -0.3 is 9.64 Å². The van der Waals surface area contributed by atoms with E-state index in [9.17, 15) is 4.79 Å². The molecule has 0 N–H and O–H groups in total. The van der Waals surface area contributed by atoms with Crippen LogP contribution in [0.5, 0.6) is 0 Å². The Morgan fingerprint density at radius 3 is 2.96 bits per heavy atom. The number of carbonyl (C=O) groups is 1. The number of ether oxygens (including phenoxy) is 1. The maximum absolute atomic E-state index is 12.7. The van der Waals surface area contributed by atoms with Crippen molar-refractivity contribution in [2.24, 2.45) is 0 Å². The number of rotatable bonds is 2. The van der Waals surface area contributed by atoms with Crippen LogP contribution in [0, 0.1) is 0 Å². The molecule has 4 rings (SSSR count). The van der Waals surface area contributed by atoms with Gasteiger partial charge in [0.2, 0.25) is 0 Å². The zero-order chi connectivity index (χ0) is 15.8. The van der Waals surface area contributed by atoms with Crippen LogP contribution in [0.2, 0.25) is 0 Å². The van der Waals surface area contributed by atoms with Crippen LogP contribution in [-0.2, 0) is 11.3 Å². The van der Waals surface area contributed by atoms with Crippen LogP contribution < -0.4 is 0 Å². The Hall–Kier alpha value is -2.00. The lowest BCUT2D eigenvalue weighted by Crippen LogP contribution is -2.49. The number of likely N-dealkylation sites (tertiary alicyclic amines) is 1. The van der Waals surface area contributed by atoms with Crippen molar-refractivity contribution in [2.45, 2.75) is 30.3 Å². The molecule has 1 fully saturated rings. The van der Waals surface area contributed by atoms with Gasteiger partial charge in [-0.2, -0.15) is 0 Å². The van der Waals surface area contributed by atoms with Gasteiger partial charge in [0.15, 0.2) is 5.16 Å². The molecular formula is C14H16N6O2S. The lowest BCUT2D eigenvalue weighted by atomic mass is 10.00. The molecule has 2 atom stereocenters. The Morgan fingerprint density at radius 1 is 1.35 bits per heavy atom. The van der Waals surface area contributed by atoms with Gasteiger partial charge in [-0.05, 0) is 12.7 Å². The molecule has 0 saturated carbocycles. The average molecular weight is 332 g/mol. The van der Waals surface area contributed by atoms with Gasteiger partial charge >= 0.3 is 0 Å². The fraction of sp³-hybridized carbons (Fsp3) is 0.500. The number of nitrogens with zero attached hydrogens (tertiary/aromatic N) is 6. The fourth-order valence-corrected chi connectivity index (χ4v) is 3.39. The molecule has 0 radical (unpaired) electrons. The van der Waals surface area contributed by atoms with Gasteiger partial charge in [-0.15, -0.1) is 5.10 Å². The molecule has 2 aliphatic rings. The van der Waals surface area contributed by atoms with E-state index in [1.807, 2.05) is 15.8 Å². The molecule has 0 spiro atoms. The van der Waals surface area contributed by atoms with Gasteiger partial charge in [-0.3, -0.25) is 4.79 Å². The Morgan fingerprint density at radius 2 is 2.17 bits per heavy atom. The summed E-state index contributed by atoms with van der Waals surface area (Å²) in [5, 5.41) is 8.76. The summed E-state index contributed by atoms with van der Waals surface area (Å²) >= 11 is 1.45. The highest BCUT2D eigenvalue weighted by Gasteiger charge is 2.38. The molecule has 0 aliphatic carbocycles. The van der Waals surface area contributed by atoms with E-state index < -0.39 is 0 Å². The van der Waals surface area contributed by atoms with Gasteiger partial charge in [0.25, 0.3) is 5.91 Å². The highest BCUT2D eigenvalue weighted by Crippen LogP contribution is 2.30. The number of piperidine rings is 1. The first-order valence-electron chi connectivity index (χ1n) is 7.42. The lowest BCUT2D eigenvalue weighted by Gasteiger charge is -2.40. The van der Waals surface area contributed by atoms with Crippen molar-refractivity contribution in [3.8, 4) is 0 Å². The number of thioether (sulfide) groups is 1. The van der Waals surface area contributed by atoms with E-state index in [1.165, 1.54) is 11.8 Å². The van der Waals surface area contributed by atoms with Crippen molar-refractivity contribution in [1.82, 2.24) is 29.9 Å². The van der Waals surface area contributed by atoms with Gasteiger partial charge in [0.1, 0.15) is 0 Å². The summed E-state index contributed by atoms with van der Waals surface area (Å²) in [5.41, 5.74) is 1.46. The summed E-state index contributed by atoms with van der Waals surface area (Å²) < 4.78 is 7.75. The van der Waals surface area contributed by atoms with Crippen LogP contribution >= 0.6 is 11.8 Å². The number of aromatic nitrogens is 5. The van der Waals surface area contributed by atoms with Crippen molar-refractivity contribution >= 4 is 17.7 Å². The first-order chi connectivity index (χ1) is 11.3. The van der Waals surface area contributed by atoms with Crippen LogP contribution in [0.4, 0.5) is 0 Å². The molecule has 1 amide bonds. The van der Waals surface area contributed by atoms with E-state index in [4.69, 9.17) is 4.74 Å². The van der Waals surface area contributed by atoms with E-state index in [2.05, 4.69) is 20.3 Å². The number of fused-ring (bicyclic) bond motifs is 3. The smallest absolute Gasteiger partial charge is 0.257 e. The first-order valence-corrected chi connectivity index (χ1v) is 8.64. The highest BCUT2D eigenvalue weighted by atomic mass is 32.2. The standard InChI is InChI=1S/C14H16N6O2S/c1-23-14-15-4-9(5-16-14)13(21)19-3-2-12-11(7-19)20-10(8-22-12)6-17-18-20/h4-6,11-12H,2-3,7-8H2,1H3/t11-,12+/m0/s1. The van der Waals surface area contributed by atoms with Crippen LogP contribution in [0.25, 0.3) is 0 Å². The molecule has 4 heterocycles. The molecule has 1 saturated heterocycles. The van der Waals surface area contributed by atoms with Crippen molar-refractivity contribution in [3.05, 3.63) is 29.8 Å². The van der Waals surface area contributed by atoms with Gasteiger partial charge in [-0.25, -0.2) is 14.6 Å². The summed E-state index contributed by atoms with van der Waals surface area (Å²) in [4.78, 5) is 22.8. The minimum atomic E-state index is -0.0525. The largest absolute Gasteiger partial charge is 0.370 e. The summed E-state index contributed by atoms with van der Waals surface area (Å²) in [6.07, 6.45) is 7.67. The van der Waals surface area contributed by atoms with Gasteiger partial charge in [0, 0.05) is 25.5 Å². The van der Waals surface area contributed by atoms with E-state index in [-0.39, 0.29) is 18.1 Å². The molecule has 2 aromatic heterocycles. The van der Waals surface area contributed by atoms with Gasteiger partial charge in [-0.1, -0.05) is 17.0 Å². The van der Waals surface area contributed by atoms with Gasteiger partial charge in [0.05, 0.1) is 36.2 Å². The maximum atomic E-state index is 12.7. The zero-order valence-electron chi connectivity index (χ0n) is 12.6. The third-order valence-electron chi connectivity index (χ3n) is 4.27. The number of hydrogen-bond acceptors (Lipinski definition) is 7. The molecule has 9 heteroatoms. The molecule has 0 aromatic carbocycles. The Balaban J connectivity index is 1.54. The third kappa shape index (κ3) is 2.59. The highest BCUT2D eigenvalue weighted by molar-refractivity contribution is 7.98. The molecule has 0 unspecified atom stereocenters. The van der Waals surface area contributed by atoms with Crippen LogP contribution in [0.15, 0.2) is 23.7 Å². The molecule has 23 heavy (non-hydrogen) atoms. The topological polar surface area (TPSA) is 86.0 Å². The van der Waals surface area contributed by atoms with Crippen molar-refractivity contribution in [3.63, 3.8) is 0 Å². The average Bonchev–Trinajstić information content (AvgIpc) is 3.10. The molecular weight excluding hydrogens is 316 g/mol. The predicted octanol–water partition coefficient (Wildman–Crippen LogP) is 0.776. The molecule has 2 aliphatic heterocycles. The number of amides is 1. The summed E-state index contributed by atoms with van der Waals surface area (Å²) in [7, 11) is 0. The predicted molar refractivity (Wildman–Crippen MR) is 82.0 cm³/mol. The zero-order valence-corrected chi connectivity index (χ0v) is 13.4. The summed E-state index contributed by atoms with van der Waals surface area (Å²) in [6.45, 7) is 1.75. The minimum absolute atomic E-state index is 0.0188. The second kappa shape index (κ2) is 5.89. The van der Waals surface area contributed by atoms with E-state index in [0.717, 1.165) is 12.1 Å². The number of hydrogen-bond donors (Lipinski definition) is 0. The fourth-order valence-electron chi connectivity index (χ4n) is 3.08. The maximum Gasteiger partial charge on any atom is 0.257 e.